The summed E-state index contributed by atoms with van der Waals surface area (Å²) in [6.45, 7) is 1.43. The largest absolute Gasteiger partial charge is 0.496 e. The van der Waals surface area contributed by atoms with E-state index in [1.54, 1.807) is 36.7 Å². The topological polar surface area (TPSA) is 97.8 Å². The van der Waals surface area contributed by atoms with Gasteiger partial charge in [0.25, 0.3) is 0 Å². The number of rotatable bonds is 7. The maximum absolute atomic E-state index is 12.9. The van der Waals surface area contributed by atoms with Crippen LogP contribution in [-0.4, -0.2) is 57.0 Å². The summed E-state index contributed by atoms with van der Waals surface area (Å²) in [4.78, 5) is 16.3. The third-order valence-electron chi connectivity index (χ3n) is 4.43. The number of carbonyl (C=O) groups is 1. The number of aromatic nitrogens is 1. The number of hydrogen-bond acceptors (Lipinski definition) is 6. The van der Waals surface area contributed by atoms with Gasteiger partial charge in [-0.25, -0.2) is 8.42 Å². The van der Waals surface area contributed by atoms with Crippen molar-refractivity contribution < 1.29 is 22.7 Å². The molecule has 0 atom stereocenters. The minimum atomic E-state index is -3.61. The van der Waals surface area contributed by atoms with Crippen molar-refractivity contribution >= 4 is 21.6 Å². The van der Waals surface area contributed by atoms with Crippen molar-refractivity contribution in [2.24, 2.45) is 0 Å². The first-order chi connectivity index (χ1) is 13.5. The van der Waals surface area contributed by atoms with Crippen molar-refractivity contribution in [3.05, 3.63) is 48.3 Å². The third-order valence-corrected chi connectivity index (χ3v) is 6.32. The molecule has 9 heteroatoms. The summed E-state index contributed by atoms with van der Waals surface area (Å²) in [5.74, 6) is 0.367. The van der Waals surface area contributed by atoms with Crippen molar-refractivity contribution in [3.63, 3.8) is 0 Å². The van der Waals surface area contributed by atoms with E-state index in [-0.39, 0.29) is 17.2 Å². The zero-order chi connectivity index (χ0) is 20.0. The van der Waals surface area contributed by atoms with Crippen molar-refractivity contribution in [1.82, 2.24) is 9.29 Å². The molecular formula is C19H23N3O5S. The molecule has 8 nitrogen and oxygen atoms in total. The molecule has 1 aromatic carbocycles. The summed E-state index contributed by atoms with van der Waals surface area (Å²) in [5, 5.41) is 2.76. The number of amides is 1. The summed E-state index contributed by atoms with van der Waals surface area (Å²) in [6, 6.07) is 8.23. The van der Waals surface area contributed by atoms with Crippen LogP contribution in [0, 0.1) is 0 Å². The predicted octanol–water partition coefficient (Wildman–Crippen LogP) is 1.68. The molecule has 1 fully saturated rings. The van der Waals surface area contributed by atoms with Crippen molar-refractivity contribution in [1.29, 1.82) is 0 Å². The molecule has 0 bridgehead atoms. The lowest BCUT2D eigenvalue weighted by atomic mass is 10.1. The van der Waals surface area contributed by atoms with Gasteiger partial charge < -0.3 is 14.8 Å². The number of benzene rings is 1. The molecule has 2 heterocycles. The van der Waals surface area contributed by atoms with Gasteiger partial charge in [-0.05, 0) is 42.3 Å². The number of nitrogens with one attached hydrogen (secondary N) is 1. The minimum absolute atomic E-state index is 0.184. The van der Waals surface area contributed by atoms with E-state index in [4.69, 9.17) is 9.47 Å². The molecule has 0 unspecified atom stereocenters. The fourth-order valence-electron chi connectivity index (χ4n) is 2.96. The van der Waals surface area contributed by atoms with E-state index in [1.807, 2.05) is 0 Å². The maximum Gasteiger partial charge on any atom is 0.243 e. The molecule has 1 amide bonds. The fraction of sp³-hybridized carbons (Fsp3) is 0.368. The number of aryl methyl sites for hydroxylation is 1. The highest BCUT2D eigenvalue weighted by atomic mass is 32.2. The fourth-order valence-corrected chi connectivity index (χ4v) is 4.41. The monoisotopic (exact) mass is 405 g/mol. The van der Waals surface area contributed by atoms with E-state index < -0.39 is 10.0 Å². The molecule has 1 saturated heterocycles. The van der Waals surface area contributed by atoms with E-state index in [0.717, 1.165) is 0 Å². The Kier molecular flexibility index (Phi) is 6.61. The average molecular weight is 405 g/mol. The van der Waals surface area contributed by atoms with Gasteiger partial charge in [0.15, 0.2) is 0 Å². The lowest BCUT2D eigenvalue weighted by molar-refractivity contribution is -0.116. The van der Waals surface area contributed by atoms with Crippen LogP contribution >= 0.6 is 0 Å². The molecule has 2 aromatic rings. The van der Waals surface area contributed by atoms with Gasteiger partial charge in [0, 0.05) is 25.7 Å². The lowest BCUT2D eigenvalue weighted by Crippen LogP contribution is -2.40. The van der Waals surface area contributed by atoms with Crippen LogP contribution in [0.5, 0.6) is 5.75 Å². The van der Waals surface area contributed by atoms with Crippen LogP contribution in [0.4, 0.5) is 5.69 Å². The second-order valence-corrected chi connectivity index (χ2v) is 8.22. The second kappa shape index (κ2) is 9.13. The highest BCUT2D eigenvalue weighted by molar-refractivity contribution is 7.89. The van der Waals surface area contributed by atoms with E-state index in [9.17, 15) is 13.2 Å². The normalized spacial score (nSPS) is 15.2. The van der Waals surface area contributed by atoms with Crippen LogP contribution in [0.15, 0.2) is 47.6 Å². The Bertz CT molecular complexity index is 912. The van der Waals surface area contributed by atoms with Gasteiger partial charge in [-0.1, -0.05) is 0 Å². The Hall–Kier alpha value is -2.49. The molecule has 28 heavy (non-hydrogen) atoms. The number of pyridine rings is 1. The zero-order valence-corrected chi connectivity index (χ0v) is 16.4. The predicted molar refractivity (Wildman–Crippen MR) is 104 cm³/mol. The summed E-state index contributed by atoms with van der Waals surface area (Å²) in [7, 11) is -2.09. The van der Waals surface area contributed by atoms with E-state index in [1.165, 1.54) is 17.5 Å². The SMILES string of the molecule is COc1ccc(S(=O)(=O)N2CCOCC2)cc1CCC(=O)Nc1cccnc1. The summed E-state index contributed by atoms with van der Waals surface area (Å²) < 4.78 is 37.7. The van der Waals surface area contributed by atoms with Gasteiger partial charge in [-0.3, -0.25) is 9.78 Å². The summed E-state index contributed by atoms with van der Waals surface area (Å²) in [6.07, 6.45) is 3.73. The Morgan fingerprint density at radius 1 is 1.29 bits per heavy atom. The van der Waals surface area contributed by atoms with Gasteiger partial charge in [0.2, 0.25) is 15.9 Å². The number of sulfonamides is 1. The first-order valence-electron chi connectivity index (χ1n) is 8.95. The zero-order valence-electron chi connectivity index (χ0n) is 15.6. The molecule has 1 aliphatic heterocycles. The summed E-state index contributed by atoms with van der Waals surface area (Å²) in [5.41, 5.74) is 1.28. The Morgan fingerprint density at radius 3 is 2.75 bits per heavy atom. The minimum Gasteiger partial charge on any atom is -0.496 e. The van der Waals surface area contributed by atoms with E-state index in [2.05, 4.69) is 10.3 Å². The van der Waals surface area contributed by atoms with E-state index in [0.29, 0.717) is 49.7 Å². The molecule has 1 aromatic heterocycles. The Morgan fingerprint density at radius 2 is 2.07 bits per heavy atom. The first kappa shape index (κ1) is 20.2. The smallest absolute Gasteiger partial charge is 0.243 e. The van der Waals surface area contributed by atoms with Crippen LogP contribution in [0.3, 0.4) is 0 Å². The molecule has 1 aliphatic rings. The third kappa shape index (κ3) is 4.86. The van der Waals surface area contributed by atoms with Gasteiger partial charge in [0.05, 0.1) is 37.1 Å². The lowest BCUT2D eigenvalue weighted by Gasteiger charge is -2.26. The highest BCUT2D eigenvalue weighted by Gasteiger charge is 2.27. The quantitative estimate of drug-likeness (QED) is 0.753. The van der Waals surface area contributed by atoms with E-state index >= 15 is 0 Å². The maximum atomic E-state index is 12.9. The molecule has 150 valence electrons. The molecule has 3 rings (SSSR count). The molecule has 1 N–H and O–H groups in total. The average Bonchev–Trinajstić information content (AvgIpc) is 2.73. The number of anilines is 1. The van der Waals surface area contributed by atoms with Crippen molar-refractivity contribution in [3.8, 4) is 5.75 Å². The molecular weight excluding hydrogens is 382 g/mol. The number of morpholine rings is 1. The van der Waals surface area contributed by atoms with Crippen molar-refractivity contribution in [2.75, 3.05) is 38.7 Å². The highest BCUT2D eigenvalue weighted by Crippen LogP contribution is 2.26. The van der Waals surface area contributed by atoms with Gasteiger partial charge in [0.1, 0.15) is 5.75 Å². The number of ether oxygens (including phenoxy) is 2. The molecule has 0 spiro atoms. The summed E-state index contributed by atoms with van der Waals surface area (Å²) >= 11 is 0. The van der Waals surface area contributed by atoms with Crippen LogP contribution in [-0.2, 0) is 26.0 Å². The molecule has 0 saturated carbocycles. The molecule has 0 aliphatic carbocycles. The van der Waals surface area contributed by atoms with Crippen LogP contribution in [0.25, 0.3) is 0 Å². The van der Waals surface area contributed by atoms with Gasteiger partial charge in [-0.15, -0.1) is 0 Å². The Labute approximate surface area is 164 Å². The second-order valence-electron chi connectivity index (χ2n) is 6.28. The van der Waals surface area contributed by atoms with Crippen LogP contribution < -0.4 is 10.1 Å². The van der Waals surface area contributed by atoms with Gasteiger partial charge >= 0.3 is 0 Å². The van der Waals surface area contributed by atoms with Crippen LogP contribution in [0.2, 0.25) is 0 Å². The number of carbonyl (C=O) groups excluding carboxylic acids is 1. The number of hydrogen-bond donors (Lipinski definition) is 1. The number of nitrogens with zero attached hydrogens (tertiary/aromatic N) is 2. The first-order valence-corrected chi connectivity index (χ1v) is 10.4. The molecule has 0 radical (unpaired) electrons. The standard InChI is InChI=1S/C19H23N3O5S/c1-26-18-6-5-17(28(24,25)22-9-11-27-12-10-22)13-15(18)4-7-19(23)21-16-3-2-8-20-14-16/h2-3,5-6,8,13-14H,4,7,9-12H2,1H3,(H,21,23). The van der Waals surface area contributed by atoms with Crippen LogP contribution in [0.1, 0.15) is 12.0 Å². The Balaban J connectivity index is 1.73. The van der Waals surface area contributed by atoms with Crippen molar-refractivity contribution in [2.45, 2.75) is 17.7 Å². The van der Waals surface area contributed by atoms with Gasteiger partial charge in [-0.2, -0.15) is 4.31 Å². The number of methoxy groups -OCH3 is 1.